The third kappa shape index (κ3) is 4.69. The lowest BCUT2D eigenvalue weighted by atomic mass is 10.1. The molecule has 0 bridgehead atoms. The number of likely N-dealkylation sites (N-methyl/N-ethyl adjacent to an activating group) is 1. The molecule has 1 aromatic heterocycles. The summed E-state index contributed by atoms with van der Waals surface area (Å²) in [4.78, 5) is 33.0. The van der Waals surface area contributed by atoms with Gasteiger partial charge in [-0.25, -0.2) is 0 Å². The Morgan fingerprint density at radius 1 is 1.07 bits per heavy atom. The molecule has 1 aromatic carbocycles. The van der Waals surface area contributed by atoms with E-state index in [4.69, 9.17) is 5.11 Å². The SMILES string of the molecule is CN1CCN(C(=O)c2ccc(-c3cc(C(=O)NCCO)ccn3)cc2)CC1. The Morgan fingerprint density at radius 3 is 2.44 bits per heavy atom. The van der Waals surface area contributed by atoms with Crippen LogP contribution in [0.1, 0.15) is 20.7 Å². The number of piperazine rings is 1. The molecule has 7 nitrogen and oxygen atoms in total. The number of hydrogen-bond acceptors (Lipinski definition) is 5. The maximum absolute atomic E-state index is 12.6. The van der Waals surface area contributed by atoms with Crippen molar-refractivity contribution >= 4 is 11.8 Å². The molecule has 142 valence electrons. The number of aliphatic hydroxyl groups is 1. The summed E-state index contributed by atoms with van der Waals surface area (Å²) in [5.41, 5.74) is 2.62. The third-order valence-corrected chi connectivity index (χ3v) is 4.64. The molecule has 0 radical (unpaired) electrons. The van der Waals surface area contributed by atoms with Gasteiger partial charge in [-0.15, -0.1) is 0 Å². The topological polar surface area (TPSA) is 85.8 Å². The molecule has 2 aromatic rings. The van der Waals surface area contributed by atoms with Crippen LogP contribution in [-0.4, -0.2) is 78.1 Å². The third-order valence-electron chi connectivity index (χ3n) is 4.64. The highest BCUT2D eigenvalue weighted by Crippen LogP contribution is 2.19. The van der Waals surface area contributed by atoms with Gasteiger partial charge in [0.25, 0.3) is 11.8 Å². The first kappa shape index (κ1) is 19.0. The van der Waals surface area contributed by atoms with Gasteiger partial charge in [-0.05, 0) is 31.3 Å². The maximum atomic E-state index is 12.6. The number of rotatable bonds is 5. The fourth-order valence-corrected chi connectivity index (χ4v) is 2.98. The normalized spacial score (nSPS) is 14.8. The first-order valence-electron chi connectivity index (χ1n) is 9.02. The lowest BCUT2D eigenvalue weighted by Gasteiger charge is -2.32. The second-order valence-electron chi connectivity index (χ2n) is 6.58. The van der Waals surface area contributed by atoms with E-state index in [1.165, 1.54) is 0 Å². The Hall–Kier alpha value is -2.77. The molecule has 0 saturated carbocycles. The molecule has 7 heteroatoms. The van der Waals surface area contributed by atoms with Crippen molar-refractivity contribution in [3.8, 4) is 11.3 Å². The van der Waals surface area contributed by atoms with E-state index in [1.807, 2.05) is 17.0 Å². The number of nitrogens with zero attached hydrogens (tertiary/aromatic N) is 3. The van der Waals surface area contributed by atoms with Crippen LogP contribution in [0.2, 0.25) is 0 Å². The van der Waals surface area contributed by atoms with Crippen molar-refractivity contribution in [2.24, 2.45) is 0 Å². The standard InChI is InChI=1S/C20H24N4O3/c1-23-9-11-24(12-10-23)20(27)16-4-2-15(3-5-16)18-14-17(6-7-21-18)19(26)22-8-13-25/h2-7,14,25H,8-13H2,1H3,(H,22,26). The number of aromatic nitrogens is 1. The molecule has 1 aliphatic heterocycles. The van der Waals surface area contributed by atoms with E-state index < -0.39 is 0 Å². The highest BCUT2D eigenvalue weighted by Gasteiger charge is 2.20. The van der Waals surface area contributed by atoms with Crippen LogP contribution in [0, 0.1) is 0 Å². The summed E-state index contributed by atoms with van der Waals surface area (Å²) in [5, 5.41) is 11.4. The number of carbonyl (C=O) groups excluding carboxylic acids is 2. The Labute approximate surface area is 158 Å². The van der Waals surface area contributed by atoms with E-state index >= 15 is 0 Å². The largest absolute Gasteiger partial charge is 0.395 e. The van der Waals surface area contributed by atoms with E-state index in [2.05, 4.69) is 22.2 Å². The minimum absolute atomic E-state index is 0.0414. The fraction of sp³-hybridized carbons (Fsp3) is 0.350. The highest BCUT2D eigenvalue weighted by molar-refractivity contribution is 5.96. The fourth-order valence-electron chi connectivity index (χ4n) is 2.98. The highest BCUT2D eigenvalue weighted by atomic mass is 16.3. The van der Waals surface area contributed by atoms with Crippen molar-refractivity contribution < 1.29 is 14.7 Å². The molecule has 2 amide bonds. The Balaban J connectivity index is 1.72. The summed E-state index contributed by atoms with van der Waals surface area (Å²) in [5.74, 6) is -0.214. The van der Waals surface area contributed by atoms with Crippen LogP contribution >= 0.6 is 0 Å². The Bertz CT molecular complexity index is 799. The molecule has 0 unspecified atom stereocenters. The van der Waals surface area contributed by atoms with Gasteiger partial charge >= 0.3 is 0 Å². The van der Waals surface area contributed by atoms with Gasteiger partial charge in [0.05, 0.1) is 12.3 Å². The molecule has 3 rings (SSSR count). The van der Waals surface area contributed by atoms with Gasteiger partial charge in [-0.2, -0.15) is 0 Å². The minimum Gasteiger partial charge on any atom is -0.395 e. The van der Waals surface area contributed by atoms with Gasteiger partial charge in [0, 0.05) is 55.6 Å². The second kappa shape index (κ2) is 8.75. The smallest absolute Gasteiger partial charge is 0.253 e. The molecular weight excluding hydrogens is 344 g/mol. The lowest BCUT2D eigenvalue weighted by Crippen LogP contribution is -2.47. The van der Waals surface area contributed by atoms with Crippen LogP contribution in [0.3, 0.4) is 0 Å². The molecular formula is C20H24N4O3. The van der Waals surface area contributed by atoms with Gasteiger partial charge < -0.3 is 20.2 Å². The first-order valence-corrected chi connectivity index (χ1v) is 9.02. The van der Waals surface area contributed by atoms with E-state index in [-0.39, 0.29) is 25.0 Å². The summed E-state index contributed by atoms with van der Waals surface area (Å²) in [7, 11) is 2.06. The predicted molar refractivity (Wildman–Crippen MR) is 102 cm³/mol. The van der Waals surface area contributed by atoms with Gasteiger partial charge in [0.2, 0.25) is 0 Å². The summed E-state index contributed by atoms with van der Waals surface area (Å²) < 4.78 is 0. The van der Waals surface area contributed by atoms with Crippen LogP contribution in [0.15, 0.2) is 42.6 Å². The van der Waals surface area contributed by atoms with Gasteiger partial charge in [0.1, 0.15) is 0 Å². The average Bonchev–Trinajstić information content (AvgIpc) is 2.72. The van der Waals surface area contributed by atoms with Crippen LogP contribution in [0.25, 0.3) is 11.3 Å². The molecule has 0 aliphatic carbocycles. The van der Waals surface area contributed by atoms with Crippen molar-refractivity contribution in [3.05, 3.63) is 53.7 Å². The summed E-state index contributed by atoms with van der Waals surface area (Å²) in [6.07, 6.45) is 1.58. The molecule has 0 spiro atoms. The van der Waals surface area contributed by atoms with Crippen LogP contribution < -0.4 is 5.32 Å². The number of pyridine rings is 1. The quantitative estimate of drug-likeness (QED) is 0.818. The molecule has 0 atom stereocenters. The number of benzene rings is 1. The molecule has 2 N–H and O–H groups in total. The van der Waals surface area contributed by atoms with E-state index in [1.54, 1.807) is 30.5 Å². The maximum Gasteiger partial charge on any atom is 0.253 e. The molecule has 1 aliphatic rings. The van der Waals surface area contributed by atoms with Gasteiger partial charge in [-0.3, -0.25) is 14.6 Å². The molecule has 2 heterocycles. The Kier molecular flexibility index (Phi) is 6.16. The minimum atomic E-state index is -0.255. The molecule has 1 saturated heterocycles. The summed E-state index contributed by atoms with van der Waals surface area (Å²) >= 11 is 0. The molecule has 27 heavy (non-hydrogen) atoms. The zero-order chi connectivity index (χ0) is 19.2. The van der Waals surface area contributed by atoms with Crippen molar-refractivity contribution in [1.29, 1.82) is 0 Å². The number of amides is 2. The lowest BCUT2D eigenvalue weighted by molar-refractivity contribution is 0.0664. The zero-order valence-corrected chi connectivity index (χ0v) is 15.4. The number of carbonyl (C=O) groups is 2. The van der Waals surface area contributed by atoms with Crippen molar-refractivity contribution in [1.82, 2.24) is 20.1 Å². The van der Waals surface area contributed by atoms with E-state index in [0.29, 0.717) is 16.8 Å². The van der Waals surface area contributed by atoms with Gasteiger partial charge in [-0.1, -0.05) is 12.1 Å². The first-order chi connectivity index (χ1) is 13.1. The van der Waals surface area contributed by atoms with Crippen molar-refractivity contribution in [2.45, 2.75) is 0 Å². The van der Waals surface area contributed by atoms with Crippen molar-refractivity contribution in [2.75, 3.05) is 46.4 Å². The summed E-state index contributed by atoms with van der Waals surface area (Å²) in [6.45, 7) is 3.36. The zero-order valence-electron chi connectivity index (χ0n) is 15.4. The van der Waals surface area contributed by atoms with Crippen molar-refractivity contribution in [3.63, 3.8) is 0 Å². The van der Waals surface area contributed by atoms with Crippen LogP contribution in [-0.2, 0) is 0 Å². The number of aliphatic hydroxyl groups excluding tert-OH is 1. The van der Waals surface area contributed by atoms with Gasteiger partial charge in [0.15, 0.2) is 0 Å². The summed E-state index contributed by atoms with van der Waals surface area (Å²) in [6, 6.07) is 10.6. The predicted octanol–water partition coefficient (Wildman–Crippen LogP) is 0.858. The van der Waals surface area contributed by atoms with Crippen LogP contribution in [0.5, 0.6) is 0 Å². The second-order valence-corrected chi connectivity index (χ2v) is 6.58. The monoisotopic (exact) mass is 368 g/mol. The van der Waals surface area contributed by atoms with Crippen LogP contribution in [0.4, 0.5) is 0 Å². The number of hydrogen-bond donors (Lipinski definition) is 2. The Morgan fingerprint density at radius 2 is 1.78 bits per heavy atom. The average molecular weight is 368 g/mol. The number of nitrogens with one attached hydrogen (secondary N) is 1. The molecule has 1 fully saturated rings. The van der Waals surface area contributed by atoms with E-state index in [9.17, 15) is 9.59 Å². The van der Waals surface area contributed by atoms with E-state index in [0.717, 1.165) is 31.7 Å².